The molecule has 1 saturated heterocycles. The van der Waals surface area contributed by atoms with Gasteiger partial charge in [0.25, 0.3) is 11.7 Å². The molecule has 1 unspecified atom stereocenters. The number of hydrogen-bond acceptors (Lipinski definition) is 7. The number of rotatable bonds is 5. The Morgan fingerprint density at radius 2 is 2.37 bits per heavy atom. The van der Waals surface area contributed by atoms with Crippen LogP contribution >= 0.6 is 0 Å². The first-order valence-electron chi connectivity index (χ1n) is 5.81. The quantitative estimate of drug-likeness (QED) is 0.600. The molecule has 1 aliphatic rings. The monoisotopic (exact) mass is 289 g/mol. The third-order valence-electron chi connectivity index (χ3n) is 2.68. The minimum atomic E-state index is -3.60. The molecule has 2 rings (SSSR count). The van der Waals surface area contributed by atoms with Gasteiger partial charge >= 0.3 is 0 Å². The maximum atomic E-state index is 11.6. The normalized spacial score (nSPS) is 19.5. The molecule has 2 heterocycles. The summed E-state index contributed by atoms with van der Waals surface area (Å²) in [5, 5.41) is 13.9. The summed E-state index contributed by atoms with van der Waals surface area (Å²) in [5.41, 5.74) is 0. The molecule has 0 radical (unpaired) electrons. The Balaban J connectivity index is 1.89. The van der Waals surface area contributed by atoms with E-state index in [2.05, 4.69) is 20.8 Å². The topological polar surface area (TPSA) is 140 Å². The van der Waals surface area contributed by atoms with E-state index < -0.39 is 15.9 Å². The van der Waals surface area contributed by atoms with E-state index in [0.717, 1.165) is 19.4 Å². The first kappa shape index (κ1) is 13.9. The molecule has 9 nitrogen and oxygen atoms in total. The highest BCUT2D eigenvalue weighted by molar-refractivity contribution is 7.89. The zero-order valence-corrected chi connectivity index (χ0v) is 10.9. The molecule has 0 spiro atoms. The van der Waals surface area contributed by atoms with Crippen LogP contribution in [0, 0.1) is 0 Å². The second-order valence-corrected chi connectivity index (χ2v) is 5.96. The van der Waals surface area contributed by atoms with Gasteiger partial charge in [-0.25, -0.2) is 13.6 Å². The van der Waals surface area contributed by atoms with Crippen molar-refractivity contribution in [2.75, 3.05) is 18.8 Å². The van der Waals surface area contributed by atoms with E-state index in [4.69, 9.17) is 9.66 Å². The molecule has 1 aromatic rings. The SMILES string of the molecule is NS(=O)(=O)CCNC(=O)c1noc(C2CCCN2)n1. The van der Waals surface area contributed by atoms with Crippen molar-refractivity contribution in [2.24, 2.45) is 5.14 Å². The molecule has 0 aliphatic carbocycles. The van der Waals surface area contributed by atoms with Crippen LogP contribution < -0.4 is 15.8 Å². The number of carbonyl (C=O) groups excluding carboxylic acids is 1. The Morgan fingerprint density at radius 3 is 3.00 bits per heavy atom. The van der Waals surface area contributed by atoms with Crippen LogP contribution in [0.25, 0.3) is 0 Å². The van der Waals surface area contributed by atoms with Crippen LogP contribution in [0.2, 0.25) is 0 Å². The van der Waals surface area contributed by atoms with Gasteiger partial charge in [-0.1, -0.05) is 5.16 Å². The average Bonchev–Trinajstić information content (AvgIpc) is 2.98. The van der Waals surface area contributed by atoms with Gasteiger partial charge in [-0.3, -0.25) is 4.79 Å². The van der Waals surface area contributed by atoms with Crippen molar-refractivity contribution in [1.82, 2.24) is 20.8 Å². The predicted octanol–water partition coefficient (Wildman–Crippen LogP) is -1.49. The lowest BCUT2D eigenvalue weighted by molar-refractivity contribution is 0.0943. The molecule has 0 saturated carbocycles. The third kappa shape index (κ3) is 3.98. The molecular formula is C9H15N5O4S. The fourth-order valence-corrected chi connectivity index (χ4v) is 2.14. The van der Waals surface area contributed by atoms with Crippen LogP contribution in [0.15, 0.2) is 4.52 Å². The minimum Gasteiger partial charge on any atom is -0.348 e. The summed E-state index contributed by atoms with van der Waals surface area (Å²) in [6.45, 7) is 0.784. The van der Waals surface area contributed by atoms with E-state index >= 15 is 0 Å². The third-order valence-corrected chi connectivity index (χ3v) is 3.45. The maximum Gasteiger partial charge on any atom is 0.292 e. The van der Waals surface area contributed by atoms with Gasteiger partial charge in [0.1, 0.15) is 0 Å². The fourth-order valence-electron chi connectivity index (χ4n) is 1.75. The zero-order chi connectivity index (χ0) is 13.9. The highest BCUT2D eigenvalue weighted by atomic mass is 32.2. The number of nitrogens with two attached hydrogens (primary N) is 1. The number of nitrogens with zero attached hydrogens (tertiary/aromatic N) is 2. The minimum absolute atomic E-state index is 0.0153. The Hall–Kier alpha value is -1.52. The summed E-state index contributed by atoms with van der Waals surface area (Å²) in [6, 6.07) is -0.0153. The van der Waals surface area contributed by atoms with Gasteiger partial charge in [0.05, 0.1) is 11.8 Å². The highest BCUT2D eigenvalue weighted by Crippen LogP contribution is 2.20. The Bertz CT molecular complexity index is 549. The van der Waals surface area contributed by atoms with E-state index in [1.54, 1.807) is 0 Å². The first-order chi connectivity index (χ1) is 8.96. The van der Waals surface area contributed by atoms with Gasteiger partial charge in [0.2, 0.25) is 15.9 Å². The summed E-state index contributed by atoms with van der Waals surface area (Å²) in [7, 11) is -3.60. The molecule has 1 fully saturated rings. The highest BCUT2D eigenvalue weighted by Gasteiger charge is 2.24. The summed E-state index contributed by atoms with van der Waals surface area (Å²) in [6.07, 6.45) is 1.90. The lowest BCUT2D eigenvalue weighted by Crippen LogP contribution is -2.32. The number of amides is 1. The van der Waals surface area contributed by atoms with Crippen LogP contribution in [0.3, 0.4) is 0 Å². The van der Waals surface area contributed by atoms with Crippen LogP contribution in [0.4, 0.5) is 0 Å². The van der Waals surface area contributed by atoms with E-state index in [-0.39, 0.29) is 24.2 Å². The van der Waals surface area contributed by atoms with Gasteiger partial charge < -0.3 is 15.2 Å². The number of aromatic nitrogens is 2. The van der Waals surface area contributed by atoms with E-state index in [0.29, 0.717) is 5.89 Å². The van der Waals surface area contributed by atoms with E-state index in [1.165, 1.54) is 0 Å². The molecule has 1 atom stereocenters. The molecule has 1 aliphatic heterocycles. The Morgan fingerprint density at radius 1 is 1.58 bits per heavy atom. The summed E-state index contributed by atoms with van der Waals surface area (Å²) in [5.74, 6) is -0.669. The van der Waals surface area contributed by atoms with Crippen LogP contribution in [-0.2, 0) is 10.0 Å². The fraction of sp³-hybridized carbons (Fsp3) is 0.667. The lowest BCUT2D eigenvalue weighted by atomic mass is 10.2. The Labute approximate surface area is 110 Å². The molecule has 19 heavy (non-hydrogen) atoms. The first-order valence-corrected chi connectivity index (χ1v) is 7.53. The standard InChI is InChI=1S/C9H15N5O4S/c10-19(16,17)5-4-12-8(15)7-13-9(18-14-7)6-2-1-3-11-6/h6,11H,1-5H2,(H,12,15)(H2,10,16,17). The molecule has 1 aromatic heterocycles. The average molecular weight is 289 g/mol. The van der Waals surface area contributed by atoms with Crippen molar-refractivity contribution < 1.29 is 17.7 Å². The molecule has 10 heteroatoms. The smallest absolute Gasteiger partial charge is 0.292 e. The number of primary sulfonamides is 1. The predicted molar refractivity (Wildman–Crippen MR) is 64.6 cm³/mol. The summed E-state index contributed by atoms with van der Waals surface area (Å²) < 4.78 is 26.4. The summed E-state index contributed by atoms with van der Waals surface area (Å²) in [4.78, 5) is 15.6. The Kier molecular flexibility index (Phi) is 4.12. The van der Waals surface area contributed by atoms with Gasteiger partial charge in [-0.2, -0.15) is 4.98 Å². The summed E-state index contributed by atoms with van der Waals surface area (Å²) >= 11 is 0. The molecule has 0 aromatic carbocycles. The second kappa shape index (κ2) is 5.63. The lowest BCUT2D eigenvalue weighted by Gasteiger charge is -2.01. The largest absolute Gasteiger partial charge is 0.348 e. The van der Waals surface area contributed by atoms with Crippen LogP contribution in [-0.4, -0.2) is 43.3 Å². The van der Waals surface area contributed by atoms with Crippen molar-refractivity contribution in [3.8, 4) is 0 Å². The van der Waals surface area contributed by atoms with Gasteiger partial charge in [-0.15, -0.1) is 0 Å². The molecule has 106 valence electrons. The van der Waals surface area contributed by atoms with E-state index in [9.17, 15) is 13.2 Å². The van der Waals surface area contributed by atoms with Crippen molar-refractivity contribution in [3.05, 3.63) is 11.7 Å². The van der Waals surface area contributed by atoms with Crippen molar-refractivity contribution in [1.29, 1.82) is 0 Å². The molecule has 0 bridgehead atoms. The van der Waals surface area contributed by atoms with Crippen molar-refractivity contribution in [2.45, 2.75) is 18.9 Å². The van der Waals surface area contributed by atoms with Gasteiger partial charge in [0.15, 0.2) is 0 Å². The number of sulfonamides is 1. The molecule has 4 N–H and O–H groups in total. The van der Waals surface area contributed by atoms with Gasteiger partial charge in [-0.05, 0) is 19.4 Å². The van der Waals surface area contributed by atoms with Crippen molar-refractivity contribution in [3.63, 3.8) is 0 Å². The number of nitrogens with one attached hydrogen (secondary N) is 2. The van der Waals surface area contributed by atoms with Crippen molar-refractivity contribution >= 4 is 15.9 Å². The van der Waals surface area contributed by atoms with Crippen LogP contribution in [0.1, 0.15) is 35.4 Å². The van der Waals surface area contributed by atoms with E-state index in [1.807, 2.05) is 0 Å². The van der Waals surface area contributed by atoms with Gasteiger partial charge in [0, 0.05) is 6.54 Å². The zero-order valence-electron chi connectivity index (χ0n) is 10.1. The maximum absolute atomic E-state index is 11.6. The number of hydrogen-bond donors (Lipinski definition) is 3. The van der Waals surface area contributed by atoms with Crippen LogP contribution in [0.5, 0.6) is 0 Å². The number of carbonyl (C=O) groups is 1. The molecule has 1 amide bonds. The molecular weight excluding hydrogens is 274 g/mol. The second-order valence-electron chi connectivity index (χ2n) is 4.23.